The molecule has 0 aliphatic carbocycles. The van der Waals surface area contributed by atoms with Gasteiger partial charge in [-0.1, -0.05) is 13.8 Å². The fourth-order valence-corrected chi connectivity index (χ4v) is 1.88. The summed E-state index contributed by atoms with van der Waals surface area (Å²) in [7, 11) is 3.71. The van der Waals surface area contributed by atoms with Gasteiger partial charge in [0.05, 0.1) is 30.1 Å². The third kappa shape index (κ3) is 3.56. The standard InChI is InChI=1S/C13H22ClN3O/c1-9(2)13-15-7-12(11(6-14)16-13)17(4)10(3)8-18-5/h7,9-10H,6,8H2,1-5H3. The molecule has 0 bridgehead atoms. The quantitative estimate of drug-likeness (QED) is 0.746. The lowest BCUT2D eigenvalue weighted by Crippen LogP contribution is -2.33. The molecule has 0 aromatic carbocycles. The molecule has 0 N–H and O–H groups in total. The molecule has 0 spiro atoms. The maximum Gasteiger partial charge on any atom is 0.131 e. The Morgan fingerprint density at radius 3 is 2.56 bits per heavy atom. The number of rotatable bonds is 6. The highest BCUT2D eigenvalue weighted by Gasteiger charge is 2.16. The predicted octanol–water partition coefficient (Wildman–Crippen LogP) is 2.81. The first-order valence-corrected chi connectivity index (χ1v) is 6.68. The normalized spacial score (nSPS) is 12.8. The van der Waals surface area contributed by atoms with Gasteiger partial charge in [0.2, 0.25) is 0 Å². The van der Waals surface area contributed by atoms with Crippen molar-refractivity contribution < 1.29 is 4.74 Å². The number of ether oxygens (including phenoxy) is 1. The fourth-order valence-electron chi connectivity index (χ4n) is 1.69. The smallest absolute Gasteiger partial charge is 0.131 e. The van der Waals surface area contributed by atoms with Crippen molar-refractivity contribution in [3.05, 3.63) is 17.7 Å². The Labute approximate surface area is 114 Å². The van der Waals surface area contributed by atoms with Gasteiger partial charge in [-0.15, -0.1) is 11.6 Å². The molecule has 102 valence electrons. The Hall–Kier alpha value is -0.870. The van der Waals surface area contributed by atoms with Crippen LogP contribution in [-0.4, -0.2) is 36.8 Å². The molecule has 0 radical (unpaired) electrons. The van der Waals surface area contributed by atoms with E-state index in [2.05, 4.69) is 35.6 Å². The van der Waals surface area contributed by atoms with E-state index in [1.54, 1.807) is 7.11 Å². The number of nitrogens with zero attached hydrogens (tertiary/aromatic N) is 3. The maximum atomic E-state index is 5.99. The molecule has 0 amide bonds. The first-order valence-electron chi connectivity index (χ1n) is 6.14. The molecule has 1 aromatic heterocycles. The minimum absolute atomic E-state index is 0.255. The average molecular weight is 272 g/mol. The van der Waals surface area contributed by atoms with Crippen LogP contribution in [0.2, 0.25) is 0 Å². The summed E-state index contributed by atoms with van der Waals surface area (Å²) in [6, 6.07) is 0.255. The summed E-state index contributed by atoms with van der Waals surface area (Å²) in [5.41, 5.74) is 1.85. The summed E-state index contributed by atoms with van der Waals surface area (Å²) in [6.45, 7) is 6.90. The van der Waals surface area contributed by atoms with Crippen LogP contribution in [0.3, 0.4) is 0 Å². The van der Waals surface area contributed by atoms with E-state index in [1.165, 1.54) is 0 Å². The summed E-state index contributed by atoms with van der Waals surface area (Å²) in [5, 5.41) is 0. The first-order chi connectivity index (χ1) is 8.51. The van der Waals surface area contributed by atoms with Gasteiger partial charge in [0.15, 0.2) is 0 Å². The van der Waals surface area contributed by atoms with Crippen molar-refractivity contribution in [2.75, 3.05) is 25.7 Å². The summed E-state index contributed by atoms with van der Waals surface area (Å²) in [5.74, 6) is 1.53. The molecule has 1 unspecified atom stereocenters. The number of alkyl halides is 1. The lowest BCUT2D eigenvalue weighted by Gasteiger charge is -2.27. The van der Waals surface area contributed by atoms with Crippen molar-refractivity contribution in [1.29, 1.82) is 0 Å². The van der Waals surface area contributed by atoms with Gasteiger partial charge >= 0.3 is 0 Å². The summed E-state index contributed by atoms with van der Waals surface area (Å²) >= 11 is 5.99. The van der Waals surface area contributed by atoms with Gasteiger partial charge in [-0.05, 0) is 6.92 Å². The van der Waals surface area contributed by atoms with Crippen molar-refractivity contribution in [1.82, 2.24) is 9.97 Å². The average Bonchev–Trinajstić information content (AvgIpc) is 2.37. The Kier molecular flexibility index (Phi) is 5.82. The molecule has 1 rings (SSSR count). The van der Waals surface area contributed by atoms with Gasteiger partial charge in [-0.2, -0.15) is 0 Å². The van der Waals surface area contributed by atoms with Crippen molar-refractivity contribution in [3.63, 3.8) is 0 Å². The number of hydrogen-bond acceptors (Lipinski definition) is 4. The molecular formula is C13H22ClN3O. The van der Waals surface area contributed by atoms with Crippen LogP contribution < -0.4 is 4.90 Å². The molecule has 1 aromatic rings. The van der Waals surface area contributed by atoms with E-state index in [-0.39, 0.29) is 6.04 Å². The third-order valence-corrected chi connectivity index (χ3v) is 3.21. The number of methoxy groups -OCH3 is 1. The number of aromatic nitrogens is 2. The zero-order chi connectivity index (χ0) is 13.7. The van der Waals surface area contributed by atoms with Crippen molar-refractivity contribution >= 4 is 17.3 Å². The van der Waals surface area contributed by atoms with E-state index in [4.69, 9.17) is 16.3 Å². The minimum Gasteiger partial charge on any atom is -0.383 e. The summed E-state index contributed by atoms with van der Waals surface area (Å²) in [6.07, 6.45) is 1.85. The zero-order valence-electron chi connectivity index (χ0n) is 11.8. The minimum atomic E-state index is 0.255. The number of anilines is 1. The molecular weight excluding hydrogens is 250 g/mol. The number of halogens is 1. The Morgan fingerprint density at radius 1 is 1.39 bits per heavy atom. The van der Waals surface area contributed by atoms with Crippen LogP contribution in [0.5, 0.6) is 0 Å². The van der Waals surface area contributed by atoms with E-state index in [9.17, 15) is 0 Å². The van der Waals surface area contributed by atoms with E-state index in [0.717, 1.165) is 17.2 Å². The van der Waals surface area contributed by atoms with Crippen LogP contribution >= 0.6 is 11.6 Å². The number of hydrogen-bond donors (Lipinski definition) is 0. The first kappa shape index (κ1) is 15.2. The Bertz CT molecular complexity index is 384. The lowest BCUT2D eigenvalue weighted by molar-refractivity contribution is 0.183. The molecule has 18 heavy (non-hydrogen) atoms. The fraction of sp³-hybridized carbons (Fsp3) is 0.692. The van der Waals surface area contributed by atoms with E-state index in [0.29, 0.717) is 18.4 Å². The second-order valence-electron chi connectivity index (χ2n) is 4.76. The van der Waals surface area contributed by atoms with Crippen molar-refractivity contribution in [3.8, 4) is 0 Å². The largest absolute Gasteiger partial charge is 0.383 e. The van der Waals surface area contributed by atoms with Crippen LogP contribution in [-0.2, 0) is 10.6 Å². The topological polar surface area (TPSA) is 38.2 Å². The highest BCUT2D eigenvalue weighted by molar-refractivity contribution is 6.17. The van der Waals surface area contributed by atoms with Crippen LogP contribution in [0.4, 0.5) is 5.69 Å². The molecule has 0 saturated carbocycles. The molecule has 0 fully saturated rings. The molecule has 0 saturated heterocycles. The summed E-state index contributed by atoms with van der Waals surface area (Å²) < 4.78 is 5.17. The van der Waals surface area contributed by atoms with Crippen molar-refractivity contribution in [2.24, 2.45) is 0 Å². The monoisotopic (exact) mass is 271 g/mol. The molecule has 4 nitrogen and oxygen atoms in total. The Balaban J connectivity index is 3.01. The van der Waals surface area contributed by atoms with Gasteiger partial charge < -0.3 is 9.64 Å². The van der Waals surface area contributed by atoms with E-state index >= 15 is 0 Å². The van der Waals surface area contributed by atoms with Gasteiger partial charge in [0.1, 0.15) is 5.82 Å². The Morgan fingerprint density at radius 2 is 2.06 bits per heavy atom. The highest BCUT2D eigenvalue weighted by Crippen LogP contribution is 2.22. The van der Waals surface area contributed by atoms with Crippen LogP contribution in [0, 0.1) is 0 Å². The van der Waals surface area contributed by atoms with E-state index in [1.807, 2.05) is 13.2 Å². The van der Waals surface area contributed by atoms with Crippen LogP contribution in [0.1, 0.15) is 38.2 Å². The van der Waals surface area contributed by atoms with Crippen molar-refractivity contribution in [2.45, 2.75) is 38.6 Å². The van der Waals surface area contributed by atoms with Gasteiger partial charge in [-0.25, -0.2) is 9.97 Å². The van der Waals surface area contributed by atoms with Gasteiger partial charge in [-0.3, -0.25) is 0 Å². The van der Waals surface area contributed by atoms with Gasteiger partial charge in [0, 0.05) is 26.1 Å². The lowest BCUT2D eigenvalue weighted by atomic mass is 10.2. The second-order valence-corrected chi connectivity index (χ2v) is 5.03. The van der Waals surface area contributed by atoms with Gasteiger partial charge in [0.25, 0.3) is 0 Å². The van der Waals surface area contributed by atoms with Crippen LogP contribution in [0.25, 0.3) is 0 Å². The zero-order valence-corrected chi connectivity index (χ0v) is 12.5. The third-order valence-electron chi connectivity index (χ3n) is 2.96. The van der Waals surface area contributed by atoms with Crippen LogP contribution in [0.15, 0.2) is 6.20 Å². The maximum absolute atomic E-state index is 5.99. The molecule has 1 atom stereocenters. The highest BCUT2D eigenvalue weighted by atomic mass is 35.5. The second kappa shape index (κ2) is 6.90. The molecule has 0 aliphatic rings. The van der Waals surface area contributed by atoms with E-state index < -0.39 is 0 Å². The molecule has 0 aliphatic heterocycles. The molecule has 5 heteroatoms. The SMILES string of the molecule is COCC(C)N(C)c1cnc(C(C)C)nc1CCl. The summed E-state index contributed by atoms with van der Waals surface area (Å²) in [4.78, 5) is 11.0. The predicted molar refractivity (Wildman–Crippen MR) is 75.4 cm³/mol. The molecule has 1 heterocycles. The number of likely N-dealkylation sites (N-methyl/N-ethyl adjacent to an activating group) is 1.